The van der Waals surface area contributed by atoms with Crippen LogP contribution in [-0.2, 0) is 23.1 Å². The van der Waals surface area contributed by atoms with Crippen molar-refractivity contribution in [3.05, 3.63) is 38.9 Å². The van der Waals surface area contributed by atoms with Gasteiger partial charge in [-0.2, -0.15) is 0 Å². The van der Waals surface area contributed by atoms with Gasteiger partial charge >= 0.3 is 0 Å². The van der Waals surface area contributed by atoms with Gasteiger partial charge in [-0.25, -0.2) is 13.1 Å². The number of thiophene rings is 1. The summed E-state index contributed by atoms with van der Waals surface area (Å²) in [5.74, 6) is 0. The van der Waals surface area contributed by atoms with Crippen LogP contribution in [0.2, 0.25) is 0 Å². The van der Waals surface area contributed by atoms with Gasteiger partial charge < -0.3 is 9.73 Å². The van der Waals surface area contributed by atoms with Gasteiger partial charge in [-0.1, -0.05) is 13.8 Å². The lowest BCUT2D eigenvalue weighted by atomic mass is 10.4. The van der Waals surface area contributed by atoms with E-state index in [4.69, 9.17) is 4.42 Å². The molecule has 2 aromatic rings. The molecule has 0 atom stereocenters. The predicted molar refractivity (Wildman–Crippen MR) is 86.7 cm³/mol. The van der Waals surface area contributed by atoms with Gasteiger partial charge in [-0.05, 0) is 28.1 Å². The smallest absolute Gasteiger partial charge is 0.242 e. The van der Waals surface area contributed by atoms with Gasteiger partial charge in [0.2, 0.25) is 10.0 Å². The molecule has 0 spiro atoms. The molecule has 0 saturated carbocycles. The predicted octanol–water partition coefficient (Wildman–Crippen LogP) is 3.08. The van der Waals surface area contributed by atoms with Crippen LogP contribution < -0.4 is 10.0 Å². The molecule has 2 aromatic heterocycles. The number of furan rings is 1. The van der Waals surface area contributed by atoms with Gasteiger partial charge in [0.05, 0.1) is 16.3 Å². The molecule has 0 amide bonds. The van der Waals surface area contributed by atoms with E-state index in [1.165, 1.54) is 23.9 Å². The van der Waals surface area contributed by atoms with E-state index < -0.39 is 10.0 Å². The number of rotatable bonds is 7. The van der Waals surface area contributed by atoms with E-state index in [0.717, 1.165) is 10.4 Å². The van der Waals surface area contributed by atoms with Crippen molar-refractivity contribution in [2.45, 2.75) is 37.9 Å². The minimum Gasteiger partial charge on any atom is -0.472 e. The summed E-state index contributed by atoms with van der Waals surface area (Å²) in [6.07, 6.45) is 3.03. The van der Waals surface area contributed by atoms with Crippen LogP contribution in [0.5, 0.6) is 0 Å². The summed E-state index contributed by atoms with van der Waals surface area (Å²) in [5.41, 5.74) is 0.784. The molecule has 0 bridgehead atoms. The molecule has 8 heteroatoms. The lowest BCUT2D eigenvalue weighted by molar-refractivity contribution is 0.561. The Morgan fingerprint density at radius 1 is 1.38 bits per heavy atom. The van der Waals surface area contributed by atoms with E-state index >= 15 is 0 Å². The molecule has 0 saturated heterocycles. The fraction of sp³-hybridized carbons (Fsp3) is 0.385. The highest BCUT2D eigenvalue weighted by Crippen LogP contribution is 2.31. The molecule has 21 heavy (non-hydrogen) atoms. The van der Waals surface area contributed by atoms with Gasteiger partial charge in [-0.3, -0.25) is 0 Å². The molecule has 0 radical (unpaired) electrons. The molecule has 0 aromatic carbocycles. The minimum absolute atomic E-state index is 0.209. The van der Waals surface area contributed by atoms with Crippen molar-refractivity contribution in [3.63, 3.8) is 0 Å². The van der Waals surface area contributed by atoms with Crippen molar-refractivity contribution >= 4 is 37.3 Å². The molecule has 0 fully saturated rings. The van der Waals surface area contributed by atoms with E-state index in [9.17, 15) is 8.42 Å². The van der Waals surface area contributed by atoms with Crippen molar-refractivity contribution in [2.75, 3.05) is 0 Å². The summed E-state index contributed by atoms with van der Waals surface area (Å²) in [4.78, 5) is 1.25. The number of hydrogen-bond acceptors (Lipinski definition) is 5. The Morgan fingerprint density at radius 3 is 2.76 bits per heavy atom. The van der Waals surface area contributed by atoms with Crippen LogP contribution in [-0.4, -0.2) is 14.5 Å². The molecular formula is C13H17BrN2O3S2. The standard InChI is InChI=1S/C13H17BrN2O3S2/c1-9(2)15-7-11-5-12(13(14)20-11)21(17,18)16-6-10-3-4-19-8-10/h3-5,8-9,15-16H,6-7H2,1-2H3. The third-order valence-corrected chi connectivity index (χ3v) is 6.38. The molecule has 0 unspecified atom stereocenters. The van der Waals surface area contributed by atoms with E-state index in [1.807, 2.05) is 13.8 Å². The number of halogens is 1. The first kappa shape index (κ1) is 16.7. The van der Waals surface area contributed by atoms with E-state index in [-0.39, 0.29) is 11.4 Å². The highest BCUT2D eigenvalue weighted by molar-refractivity contribution is 9.11. The maximum atomic E-state index is 12.3. The molecule has 2 N–H and O–H groups in total. The Hall–Kier alpha value is -0.670. The number of sulfonamides is 1. The minimum atomic E-state index is -3.54. The van der Waals surface area contributed by atoms with Crippen LogP contribution in [0.25, 0.3) is 0 Å². The van der Waals surface area contributed by atoms with E-state index in [2.05, 4.69) is 26.0 Å². The Bertz CT molecular complexity index is 678. The summed E-state index contributed by atoms with van der Waals surface area (Å²) in [6.45, 7) is 4.96. The zero-order valence-electron chi connectivity index (χ0n) is 11.7. The van der Waals surface area contributed by atoms with Crippen molar-refractivity contribution < 1.29 is 12.8 Å². The molecule has 116 valence electrons. The zero-order valence-corrected chi connectivity index (χ0v) is 14.9. The Balaban J connectivity index is 2.08. The monoisotopic (exact) mass is 392 g/mol. The Kier molecular flexibility index (Phi) is 5.61. The summed E-state index contributed by atoms with van der Waals surface area (Å²) in [5, 5.41) is 3.27. The second kappa shape index (κ2) is 7.06. The van der Waals surface area contributed by atoms with E-state index in [0.29, 0.717) is 16.4 Å². The Morgan fingerprint density at radius 2 is 2.14 bits per heavy atom. The summed E-state index contributed by atoms with van der Waals surface area (Å²) >= 11 is 4.75. The molecule has 0 aliphatic heterocycles. The van der Waals surface area contributed by atoms with Gasteiger partial charge in [-0.15, -0.1) is 11.3 Å². The second-order valence-electron chi connectivity index (χ2n) is 4.84. The SMILES string of the molecule is CC(C)NCc1cc(S(=O)(=O)NCc2ccoc2)c(Br)s1. The van der Waals surface area contributed by atoms with E-state index in [1.54, 1.807) is 12.1 Å². The first-order valence-electron chi connectivity index (χ1n) is 6.41. The lowest BCUT2D eigenvalue weighted by Gasteiger charge is -2.05. The van der Waals surface area contributed by atoms with Gasteiger partial charge in [0.25, 0.3) is 0 Å². The fourth-order valence-corrected chi connectivity index (χ4v) is 5.27. The average molecular weight is 393 g/mol. The van der Waals surface area contributed by atoms with Crippen LogP contribution in [0.3, 0.4) is 0 Å². The average Bonchev–Trinajstić information content (AvgIpc) is 3.03. The van der Waals surface area contributed by atoms with Crippen molar-refractivity contribution in [1.29, 1.82) is 0 Å². The quantitative estimate of drug-likeness (QED) is 0.759. The second-order valence-corrected chi connectivity index (χ2v) is 9.03. The van der Waals surface area contributed by atoms with Gasteiger partial charge in [0.1, 0.15) is 4.90 Å². The topological polar surface area (TPSA) is 71.3 Å². The molecule has 0 aliphatic rings. The van der Waals surface area contributed by atoms with Crippen molar-refractivity contribution in [3.8, 4) is 0 Å². The van der Waals surface area contributed by atoms with Crippen LogP contribution in [0.4, 0.5) is 0 Å². The highest BCUT2D eigenvalue weighted by atomic mass is 79.9. The number of hydrogen-bond donors (Lipinski definition) is 2. The van der Waals surface area contributed by atoms with Crippen LogP contribution >= 0.6 is 27.3 Å². The largest absolute Gasteiger partial charge is 0.472 e. The van der Waals surface area contributed by atoms with Crippen molar-refractivity contribution in [2.24, 2.45) is 0 Å². The highest BCUT2D eigenvalue weighted by Gasteiger charge is 2.20. The van der Waals surface area contributed by atoms with Crippen LogP contribution in [0.15, 0.2) is 37.8 Å². The molecule has 5 nitrogen and oxygen atoms in total. The Labute approximate surface area is 136 Å². The molecule has 2 heterocycles. The first-order valence-corrected chi connectivity index (χ1v) is 9.50. The summed E-state index contributed by atoms with van der Waals surface area (Å²) < 4.78 is 32.7. The van der Waals surface area contributed by atoms with Gasteiger partial charge in [0.15, 0.2) is 0 Å². The summed E-state index contributed by atoms with van der Waals surface area (Å²) in [6, 6.07) is 3.77. The fourth-order valence-electron chi connectivity index (χ4n) is 1.62. The summed E-state index contributed by atoms with van der Waals surface area (Å²) in [7, 11) is -3.54. The third kappa shape index (κ3) is 4.65. The van der Waals surface area contributed by atoms with Crippen LogP contribution in [0.1, 0.15) is 24.3 Å². The molecule has 0 aliphatic carbocycles. The maximum absolute atomic E-state index is 12.3. The normalized spacial score (nSPS) is 12.2. The zero-order chi connectivity index (χ0) is 15.5. The van der Waals surface area contributed by atoms with Gasteiger partial charge in [0, 0.05) is 29.6 Å². The third-order valence-electron chi connectivity index (χ3n) is 2.73. The lowest BCUT2D eigenvalue weighted by Crippen LogP contribution is -2.23. The van der Waals surface area contributed by atoms with Crippen molar-refractivity contribution in [1.82, 2.24) is 10.0 Å². The van der Waals surface area contributed by atoms with Crippen LogP contribution in [0, 0.1) is 0 Å². The first-order chi connectivity index (χ1) is 9.88. The number of nitrogens with one attached hydrogen (secondary N) is 2. The maximum Gasteiger partial charge on any atom is 0.242 e. The molecule has 2 rings (SSSR count). The molecular weight excluding hydrogens is 376 g/mol.